The van der Waals surface area contributed by atoms with Crippen LogP contribution in [0.1, 0.15) is 45.7 Å². The Morgan fingerprint density at radius 3 is 2.39 bits per heavy atom. The maximum absolute atomic E-state index is 13.8. The number of carbonyl (C=O) groups is 2. The molecule has 0 fully saturated rings. The number of anilines is 1. The van der Waals surface area contributed by atoms with E-state index in [4.69, 9.17) is 11.6 Å². The first-order chi connectivity index (χ1) is 19.8. The minimum absolute atomic E-state index is 0.217. The molecule has 0 saturated heterocycles. The molecule has 2 N–H and O–H groups in total. The van der Waals surface area contributed by atoms with Crippen LogP contribution in [0, 0.1) is 0 Å². The highest BCUT2D eigenvalue weighted by Gasteiger charge is 2.31. The van der Waals surface area contributed by atoms with Gasteiger partial charge in [0, 0.05) is 16.1 Å². The van der Waals surface area contributed by atoms with Crippen molar-refractivity contribution in [3.63, 3.8) is 0 Å². The number of nitrogens with one attached hydrogen (secondary N) is 2. The monoisotopic (exact) mass is 586 g/mol. The second-order valence-electron chi connectivity index (χ2n) is 10.4. The molecule has 0 aromatic heterocycles. The summed E-state index contributed by atoms with van der Waals surface area (Å²) in [6.45, 7) is 6.71. The zero-order valence-corrected chi connectivity index (χ0v) is 24.7. The minimum Gasteiger partial charge on any atom is -0.346 e. The molecule has 0 bridgehead atoms. The van der Waals surface area contributed by atoms with Crippen LogP contribution in [0.5, 0.6) is 0 Å². The molecular weight excluding hydrogens is 554 g/mol. The first-order valence-electron chi connectivity index (χ1n) is 13.7. The Hall–Kier alpha value is -3.78. The number of quaternary nitrogens is 1. The van der Waals surface area contributed by atoms with Crippen LogP contribution < -0.4 is 15.1 Å². The Labute approximate surface area is 248 Å². The summed E-state index contributed by atoms with van der Waals surface area (Å²) in [5.41, 5.74) is 3.32. The Morgan fingerprint density at radius 1 is 0.902 bits per heavy atom. The highest BCUT2D eigenvalue weighted by molar-refractivity contribution is 7.85. The van der Waals surface area contributed by atoms with Crippen LogP contribution in [0.15, 0.2) is 107 Å². The van der Waals surface area contributed by atoms with E-state index in [0.717, 1.165) is 18.7 Å². The second-order valence-corrected chi connectivity index (χ2v) is 12.3. The fourth-order valence-electron chi connectivity index (χ4n) is 5.06. The number of benzene rings is 4. The van der Waals surface area contributed by atoms with Crippen molar-refractivity contribution in [3.8, 4) is 0 Å². The highest BCUT2D eigenvalue weighted by Crippen LogP contribution is 2.36. The molecule has 1 heterocycles. The van der Waals surface area contributed by atoms with Gasteiger partial charge < -0.3 is 15.1 Å². The maximum Gasteiger partial charge on any atom is 0.259 e. The average molecular weight is 587 g/mol. The van der Waals surface area contributed by atoms with Gasteiger partial charge in [0.05, 0.1) is 57.5 Å². The van der Waals surface area contributed by atoms with Crippen LogP contribution in [0.4, 0.5) is 5.69 Å². The van der Waals surface area contributed by atoms with Gasteiger partial charge in [-0.25, -0.2) is 4.21 Å². The number of hydrogen-bond donors (Lipinski definition) is 2. The Kier molecular flexibility index (Phi) is 8.98. The largest absolute Gasteiger partial charge is 0.346 e. The predicted octanol–water partition coefficient (Wildman–Crippen LogP) is 4.89. The number of halogens is 1. The molecule has 5 rings (SSSR count). The van der Waals surface area contributed by atoms with E-state index in [0.29, 0.717) is 44.2 Å². The number of carbonyl (C=O) groups excluding carboxylic acids is 2. The van der Waals surface area contributed by atoms with Crippen LogP contribution in [-0.2, 0) is 23.9 Å². The smallest absolute Gasteiger partial charge is 0.259 e. The summed E-state index contributed by atoms with van der Waals surface area (Å²) in [7, 11) is -1.59. The van der Waals surface area contributed by atoms with Gasteiger partial charge in [-0.3, -0.25) is 9.59 Å². The molecule has 0 radical (unpaired) electrons. The summed E-state index contributed by atoms with van der Waals surface area (Å²) >= 11 is 6.23. The molecule has 4 aromatic rings. The van der Waals surface area contributed by atoms with E-state index < -0.39 is 10.8 Å². The van der Waals surface area contributed by atoms with Crippen molar-refractivity contribution in [1.82, 2.24) is 5.32 Å². The summed E-state index contributed by atoms with van der Waals surface area (Å²) < 4.78 is 13.7. The normalized spacial score (nSPS) is 15.2. The van der Waals surface area contributed by atoms with Gasteiger partial charge in [-0.2, -0.15) is 0 Å². The van der Waals surface area contributed by atoms with Crippen LogP contribution >= 0.6 is 11.6 Å². The molecule has 2 amide bonds. The van der Waals surface area contributed by atoms with E-state index in [9.17, 15) is 13.8 Å². The average Bonchev–Trinajstić information content (AvgIpc) is 3.06. The molecule has 2 atom stereocenters. The molecule has 0 saturated carbocycles. The van der Waals surface area contributed by atoms with Gasteiger partial charge in [-0.1, -0.05) is 66.2 Å². The van der Waals surface area contributed by atoms with Crippen molar-refractivity contribution < 1.29 is 18.7 Å². The predicted molar refractivity (Wildman–Crippen MR) is 163 cm³/mol. The van der Waals surface area contributed by atoms with E-state index in [1.807, 2.05) is 30.3 Å². The minimum atomic E-state index is -1.59. The van der Waals surface area contributed by atoms with Gasteiger partial charge in [-0.15, -0.1) is 0 Å². The van der Waals surface area contributed by atoms with Gasteiger partial charge in [-0.05, 0) is 61.9 Å². The summed E-state index contributed by atoms with van der Waals surface area (Å²) in [4.78, 5) is 31.0. The SMILES string of the molecule is CC(C)[NH+](CCNC(=O)c1ccc2c(c1)N(Cc1cccc(Cl)c1)C(=O)c1ccccc1S2=O)Cc1ccccc1. The van der Waals surface area contributed by atoms with Gasteiger partial charge in [0.15, 0.2) is 0 Å². The lowest BCUT2D eigenvalue weighted by molar-refractivity contribution is -0.933. The summed E-state index contributed by atoms with van der Waals surface area (Å²) in [5.74, 6) is -0.513. The van der Waals surface area contributed by atoms with E-state index in [1.165, 1.54) is 10.5 Å². The first-order valence-corrected chi connectivity index (χ1v) is 15.2. The molecule has 8 heteroatoms. The van der Waals surface area contributed by atoms with Crippen molar-refractivity contribution >= 4 is 39.9 Å². The fourth-order valence-corrected chi connectivity index (χ4v) is 6.62. The molecule has 41 heavy (non-hydrogen) atoms. The molecule has 2 unspecified atom stereocenters. The fraction of sp³-hybridized carbons (Fsp3) is 0.212. The lowest BCUT2D eigenvalue weighted by atomic mass is 10.1. The van der Waals surface area contributed by atoms with E-state index in [-0.39, 0.29) is 18.4 Å². The molecule has 1 aliphatic rings. The highest BCUT2D eigenvalue weighted by atomic mass is 35.5. The van der Waals surface area contributed by atoms with Gasteiger partial charge >= 0.3 is 0 Å². The first kappa shape index (κ1) is 28.7. The number of hydrogen-bond acceptors (Lipinski definition) is 3. The number of fused-ring (bicyclic) bond motifs is 2. The lowest BCUT2D eigenvalue weighted by Gasteiger charge is -2.24. The van der Waals surface area contributed by atoms with Crippen molar-refractivity contribution in [2.45, 2.75) is 42.8 Å². The molecule has 0 spiro atoms. The molecule has 1 aliphatic heterocycles. The molecular formula is C33H33ClN3O3S+. The summed E-state index contributed by atoms with van der Waals surface area (Å²) in [6.07, 6.45) is 0. The zero-order valence-electron chi connectivity index (χ0n) is 23.1. The van der Waals surface area contributed by atoms with Crippen molar-refractivity contribution in [2.24, 2.45) is 0 Å². The van der Waals surface area contributed by atoms with Crippen molar-refractivity contribution in [1.29, 1.82) is 0 Å². The van der Waals surface area contributed by atoms with Gasteiger partial charge in [0.2, 0.25) is 0 Å². The third-order valence-corrected chi connectivity index (χ3v) is 9.06. The van der Waals surface area contributed by atoms with Crippen LogP contribution in [-0.4, -0.2) is 35.2 Å². The molecule has 4 aromatic carbocycles. The molecule has 0 aliphatic carbocycles. The number of rotatable bonds is 9. The lowest BCUT2D eigenvalue weighted by Crippen LogP contribution is -3.14. The maximum atomic E-state index is 13.8. The van der Waals surface area contributed by atoms with Crippen LogP contribution in [0.2, 0.25) is 5.02 Å². The van der Waals surface area contributed by atoms with E-state index in [1.54, 1.807) is 59.5 Å². The number of amides is 2. The third kappa shape index (κ3) is 6.59. The second kappa shape index (κ2) is 12.8. The third-order valence-electron chi connectivity index (χ3n) is 7.33. The Balaban J connectivity index is 1.40. The van der Waals surface area contributed by atoms with Crippen molar-refractivity contribution in [3.05, 3.63) is 124 Å². The standard InChI is InChI=1S/C33H32ClN3O3S/c1-23(2)36(21-24-9-4-3-5-10-24)18-17-35-32(38)26-15-16-31-29(20-26)37(22-25-11-8-12-27(34)19-25)33(39)28-13-6-7-14-30(28)41(31)40/h3-16,19-20,23H,17-18,21-22H2,1-2H3,(H,35,38)/p+1. The van der Waals surface area contributed by atoms with E-state index in [2.05, 4.69) is 31.3 Å². The quantitative estimate of drug-likeness (QED) is 0.293. The van der Waals surface area contributed by atoms with Crippen molar-refractivity contribution in [2.75, 3.05) is 18.0 Å². The van der Waals surface area contributed by atoms with Crippen LogP contribution in [0.3, 0.4) is 0 Å². The topological polar surface area (TPSA) is 70.9 Å². The zero-order chi connectivity index (χ0) is 28.9. The van der Waals surface area contributed by atoms with Crippen LogP contribution in [0.25, 0.3) is 0 Å². The van der Waals surface area contributed by atoms with E-state index >= 15 is 0 Å². The Bertz CT molecular complexity index is 1590. The summed E-state index contributed by atoms with van der Waals surface area (Å²) in [5, 5.41) is 3.61. The van der Waals surface area contributed by atoms with Gasteiger partial charge in [0.25, 0.3) is 11.8 Å². The van der Waals surface area contributed by atoms with Gasteiger partial charge in [0.1, 0.15) is 6.54 Å². The Morgan fingerprint density at radius 2 is 1.63 bits per heavy atom. The summed E-state index contributed by atoms with van der Waals surface area (Å²) in [6, 6.07) is 30.0. The number of nitrogens with zero attached hydrogens (tertiary/aromatic N) is 1. The molecule has 6 nitrogen and oxygen atoms in total. The molecule has 210 valence electrons.